The molecule has 3 heterocycles. The Morgan fingerprint density at radius 1 is 1.20 bits per heavy atom. The van der Waals surface area contributed by atoms with Crippen molar-refractivity contribution < 1.29 is 27.8 Å². The fourth-order valence-electron chi connectivity index (χ4n) is 3.34. The van der Waals surface area contributed by atoms with E-state index in [2.05, 4.69) is 9.97 Å². The molecule has 4 rings (SSSR count). The van der Waals surface area contributed by atoms with Crippen LogP contribution in [0.4, 0.5) is 13.2 Å². The Kier molecular flexibility index (Phi) is 5.29. The van der Waals surface area contributed by atoms with Gasteiger partial charge in [0, 0.05) is 43.3 Å². The predicted octanol–water partition coefficient (Wildman–Crippen LogP) is 3.90. The smallest absolute Gasteiger partial charge is 0.417 e. The van der Waals surface area contributed by atoms with Crippen LogP contribution in [0.3, 0.4) is 0 Å². The van der Waals surface area contributed by atoms with Gasteiger partial charge in [0.15, 0.2) is 0 Å². The molecule has 0 saturated carbocycles. The van der Waals surface area contributed by atoms with Gasteiger partial charge in [0.1, 0.15) is 11.4 Å². The summed E-state index contributed by atoms with van der Waals surface area (Å²) in [5.41, 5.74) is 0.0590. The van der Waals surface area contributed by atoms with Gasteiger partial charge in [0.25, 0.3) is 5.91 Å². The van der Waals surface area contributed by atoms with Gasteiger partial charge in [0.05, 0.1) is 11.1 Å². The van der Waals surface area contributed by atoms with E-state index in [1.54, 1.807) is 35.2 Å². The summed E-state index contributed by atoms with van der Waals surface area (Å²) in [6.45, 7) is 1.17. The molecule has 1 aliphatic heterocycles. The topological polar surface area (TPSA) is 75.5 Å². The van der Waals surface area contributed by atoms with E-state index >= 15 is 0 Å². The van der Waals surface area contributed by atoms with Crippen molar-refractivity contribution in [2.24, 2.45) is 5.92 Å². The van der Waals surface area contributed by atoms with Crippen molar-refractivity contribution in [1.29, 1.82) is 0 Å². The molecule has 1 fully saturated rings. The van der Waals surface area contributed by atoms with Gasteiger partial charge in [-0.05, 0) is 36.8 Å². The quantitative estimate of drug-likeness (QED) is 0.697. The van der Waals surface area contributed by atoms with Crippen LogP contribution in [0, 0.1) is 5.92 Å². The summed E-state index contributed by atoms with van der Waals surface area (Å²) in [7, 11) is 0. The molecule has 1 amide bonds. The van der Waals surface area contributed by atoms with Crippen molar-refractivity contribution in [3.8, 4) is 11.6 Å². The van der Waals surface area contributed by atoms with E-state index in [4.69, 9.17) is 4.74 Å². The first-order valence-corrected chi connectivity index (χ1v) is 9.35. The third kappa shape index (κ3) is 4.20. The first kappa shape index (κ1) is 20.1. The van der Waals surface area contributed by atoms with Crippen LogP contribution in [0.15, 0.2) is 48.7 Å². The average molecular weight is 417 g/mol. The lowest BCUT2D eigenvalue weighted by atomic mass is 10.1. The van der Waals surface area contributed by atoms with E-state index in [9.17, 15) is 23.1 Å². The van der Waals surface area contributed by atoms with Crippen molar-refractivity contribution in [1.82, 2.24) is 14.9 Å². The number of carbonyl (C=O) groups is 1. The highest BCUT2D eigenvalue weighted by Crippen LogP contribution is 2.30. The van der Waals surface area contributed by atoms with Crippen molar-refractivity contribution in [3.63, 3.8) is 0 Å². The molecule has 1 N–H and O–H groups in total. The molecule has 0 bridgehead atoms. The molecule has 1 saturated heterocycles. The minimum atomic E-state index is -4.45. The minimum absolute atomic E-state index is 0.0366. The van der Waals surface area contributed by atoms with Crippen LogP contribution < -0.4 is 4.74 Å². The SMILES string of the molecule is O=C(c1ccc2cc(Oc3ccc(C(F)(F)F)cn3)ccc2n1)N1CCC(CO)C1. The lowest BCUT2D eigenvalue weighted by Gasteiger charge is -2.16. The lowest BCUT2D eigenvalue weighted by Crippen LogP contribution is -2.29. The van der Waals surface area contributed by atoms with Crippen LogP contribution in [-0.2, 0) is 6.18 Å². The van der Waals surface area contributed by atoms with Gasteiger partial charge in [-0.15, -0.1) is 0 Å². The first-order valence-electron chi connectivity index (χ1n) is 9.35. The molecule has 0 aliphatic carbocycles. The number of carbonyl (C=O) groups excluding carboxylic acids is 1. The van der Waals surface area contributed by atoms with Crippen LogP contribution in [0.5, 0.6) is 11.6 Å². The molecule has 6 nitrogen and oxygen atoms in total. The maximum Gasteiger partial charge on any atom is 0.417 e. The van der Waals surface area contributed by atoms with Gasteiger partial charge >= 0.3 is 6.18 Å². The van der Waals surface area contributed by atoms with Crippen LogP contribution in [0.25, 0.3) is 10.9 Å². The van der Waals surface area contributed by atoms with Gasteiger partial charge in [-0.25, -0.2) is 9.97 Å². The average Bonchev–Trinajstić information content (AvgIpc) is 3.22. The van der Waals surface area contributed by atoms with Gasteiger partial charge < -0.3 is 14.7 Å². The molecule has 9 heteroatoms. The number of hydrogen-bond donors (Lipinski definition) is 1. The second-order valence-electron chi connectivity index (χ2n) is 7.12. The monoisotopic (exact) mass is 417 g/mol. The van der Waals surface area contributed by atoms with E-state index in [1.165, 1.54) is 0 Å². The van der Waals surface area contributed by atoms with Crippen molar-refractivity contribution in [2.45, 2.75) is 12.6 Å². The summed E-state index contributed by atoms with van der Waals surface area (Å²) in [6.07, 6.45) is -2.96. The summed E-state index contributed by atoms with van der Waals surface area (Å²) in [5.74, 6) is 0.352. The number of amides is 1. The number of aromatic nitrogens is 2. The van der Waals surface area contributed by atoms with Gasteiger partial charge in [-0.2, -0.15) is 13.2 Å². The third-order valence-corrected chi connectivity index (χ3v) is 5.00. The molecular weight excluding hydrogens is 399 g/mol. The van der Waals surface area contributed by atoms with Crippen molar-refractivity contribution in [2.75, 3.05) is 19.7 Å². The number of likely N-dealkylation sites (tertiary alicyclic amines) is 1. The second-order valence-corrected chi connectivity index (χ2v) is 7.12. The fraction of sp³-hybridized carbons (Fsp3) is 0.286. The maximum atomic E-state index is 12.6. The van der Waals surface area contributed by atoms with Gasteiger partial charge in [-0.3, -0.25) is 4.79 Å². The lowest BCUT2D eigenvalue weighted by molar-refractivity contribution is -0.137. The number of aliphatic hydroxyl groups excluding tert-OH is 1. The van der Waals surface area contributed by atoms with Crippen LogP contribution in [0.1, 0.15) is 22.5 Å². The van der Waals surface area contributed by atoms with E-state index in [-0.39, 0.29) is 24.3 Å². The van der Waals surface area contributed by atoms with E-state index < -0.39 is 11.7 Å². The Morgan fingerprint density at radius 2 is 2.03 bits per heavy atom. The number of halogens is 3. The number of nitrogens with zero attached hydrogens (tertiary/aromatic N) is 3. The summed E-state index contributed by atoms with van der Waals surface area (Å²) >= 11 is 0. The highest BCUT2D eigenvalue weighted by molar-refractivity contribution is 5.95. The number of hydrogen-bond acceptors (Lipinski definition) is 5. The van der Waals surface area contributed by atoms with Gasteiger partial charge in [0.2, 0.25) is 5.88 Å². The summed E-state index contributed by atoms with van der Waals surface area (Å²) in [4.78, 5) is 22.4. The van der Waals surface area contributed by atoms with Gasteiger partial charge in [-0.1, -0.05) is 6.07 Å². The highest BCUT2D eigenvalue weighted by Gasteiger charge is 2.31. The van der Waals surface area contributed by atoms with Crippen LogP contribution in [0.2, 0.25) is 0 Å². The second kappa shape index (κ2) is 7.91. The maximum absolute atomic E-state index is 12.6. The molecule has 1 atom stereocenters. The normalized spacial score (nSPS) is 16.8. The fourth-order valence-corrected chi connectivity index (χ4v) is 3.34. The molecule has 3 aromatic rings. The zero-order valence-corrected chi connectivity index (χ0v) is 15.8. The third-order valence-electron chi connectivity index (χ3n) is 5.00. The molecule has 1 aromatic carbocycles. The molecule has 156 valence electrons. The Hall–Kier alpha value is -3.20. The summed E-state index contributed by atoms with van der Waals surface area (Å²) in [5, 5.41) is 9.95. The Morgan fingerprint density at radius 3 is 2.70 bits per heavy atom. The molecule has 0 spiro atoms. The number of fused-ring (bicyclic) bond motifs is 1. The Labute approximate surface area is 169 Å². The standard InChI is InChI=1S/C21H18F3N3O3/c22-21(23,24)15-2-6-19(25-10-15)30-16-3-5-17-14(9-16)1-4-18(26-17)20(29)27-8-7-13(11-27)12-28/h1-6,9-10,13,28H,7-8,11-12H2. The number of rotatable bonds is 4. The summed E-state index contributed by atoms with van der Waals surface area (Å²) < 4.78 is 43.4. The predicted molar refractivity (Wildman–Crippen MR) is 102 cm³/mol. The number of benzene rings is 1. The van der Waals surface area contributed by atoms with Crippen LogP contribution >= 0.6 is 0 Å². The van der Waals surface area contributed by atoms with Crippen LogP contribution in [-0.4, -0.2) is 45.6 Å². The zero-order chi connectivity index (χ0) is 21.3. The van der Waals surface area contributed by atoms with E-state index in [1.807, 2.05) is 0 Å². The molecule has 30 heavy (non-hydrogen) atoms. The molecule has 1 aliphatic rings. The number of alkyl halides is 3. The minimum Gasteiger partial charge on any atom is -0.439 e. The Balaban J connectivity index is 1.50. The van der Waals surface area contributed by atoms with E-state index in [0.29, 0.717) is 35.4 Å². The number of ether oxygens (including phenoxy) is 1. The molecule has 0 radical (unpaired) electrons. The first-order chi connectivity index (χ1) is 14.3. The largest absolute Gasteiger partial charge is 0.439 e. The number of pyridine rings is 2. The molecular formula is C21H18F3N3O3. The zero-order valence-electron chi connectivity index (χ0n) is 15.8. The molecule has 2 aromatic heterocycles. The molecule has 1 unspecified atom stereocenters. The number of aliphatic hydroxyl groups is 1. The highest BCUT2D eigenvalue weighted by atomic mass is 19.4. The Bertz CT molecular complexity index is 1070. The van der Waals surface area contributed by atoms with E-state index in [0.717, 1.165) is 24.8 Å². The van der Waals surface area contributed by atoms with Crippen molar-refractivity contribution in [3.05, 3.63) is 59.9 Å². The van der Waals surface area contributed by atoms with Crippen molar-refractivity contribution >= 4 is 16.8 Å². The summed E-state index contributed by atoms with van der Waals surface area (Å²) in [6, 6.07) is 10.4.